The average Bonchev–Trinajstić information content (AvgIpc) is 3.16. The number of nitrogens with zero attached hydrogens (tertiary/aromatic N) is 1. The van der Waals surface area contributed by atoms with Gasteiger partial charge in [-0.1, -0.05) is 42.5 Å². The van der Waals surface area contributed by atoms with E-state index in [0.29, 0.717) is 17.7 Å². The number of aryl methyl sites for hydroxylation is 1. The van der Waals surface area contributed by atoms with E-state index in [1.807, 2.05) is 61.5 Å². The first-order valence-electron chi connectivity index (χ1n) is 9.99. The van der Waals surface area contributed by atoms with Crippen molar-refractivity contribution >= 4 is 39.1 Å². The summed E-state index contributed by atoms with van der Waals surface area (Å²) in [6.45, 7) is 3.74. The maximum Gasteiger partial charge on any atom is 0.248 e. The van der Waals surface area contributed by atoms with Crippen LogP contribution < -0.4 is 11.1 Å². The Bertz CT molecular complexity index is 1230. The molecule has 0 saturated heterocycles. The minimum atomic E-state index is -0.828. The lowest BCUT2D eigenvalue weighted by Crippen LogP contribution is -2.39. The highest BCUT2D eigenvalue weighted by atomic mass is 32.1. The number of amides is 2. The SMILES string of the molecule is Cc1cc(NC(=O)C(C)(Cc2nc3ccccc3s2)c2ccccc2)ccc1C(N)=O. The van der Waals surface area contributed by atoms with Crippen LogP contribution in [0.4, 0.5) is 5.69 Å². The number of thiazole rings is 1. The zero-order chi connectivity index (χ0) is 22.0. The van der Waals surface area contributed by atoms with E-state index in [9.17, 15) is 9.59 Å². The first-order valence-corrected chi connectivity index (χ1v) is 10.8. The Kier molecular flexibility index (Phi) is 5.57. The van der Waals surface area contributed by atoms with Crippen molar-refractivity contribution in [1.29, 1.82) is 0 Å². The Balaban J connectivity index is 1.68. The number of hydrogen-bond donors (Lipinski definition) is 2. The van der Waals surface area contributed by atoms with Crippen molar-refractivity contribution in [2.24, 2.45) is 5.73 Å². The van der Waals surface area contributed by atoms with Gasteiger partial charge in [-0.2, -0.15) is 0 Å². The van der Waals surface area contributed by atoms with E-state index in [1.165, 1.54) is 0 Å². The van der Waals surface area contributed by atoms with E-state index in [-0.39, 0.29) is 5.91 Å². The molecule has 0 aliphatic rings. The third-order valence-electron chi connectivity index (χ3n) is 5.50. The van der Waals surface area contributed by atoms with Crippen LogP contribution in [0.15, 0.2) is 72.8 Å². The summed E-state index contributed by atoms with van der Waals surface area (Å²) in [7, 11) is 0. The first kappa shape index (κ1) is 20.8. The largest absolute Gasteiger partial charge is 0.366 e. The van der Waals surface area contributed by atoms with E-state index in [1.54, 1.807) is 36.5 Å². The number of primary amides is 1. The van der Waals surface area contributed by atoms with Crippen LogP contribution in [0.2, 0.25) is 0 Å². The van der Waals surface area contributed by atoms with Crippen molar-refractivity contribution in [3.8, 4) is 0 Å². The predicted octanol–water partition coefficient (Wildman–Crippen LogP) is 4.84. The Morgan fingerprint density at radius 3 is 2.42 bits per heavy atom. The molecule has 5 nitrogen and oxygen atoms in total. The van der Waals surface area contributed by atoms with E-state index >= 15 is 0 Å². The van der Waals surface area contributed by atoms with E-state index in [2.05, 4.69) is 5.32 Å². The van der Waals surface area contributed by atoms with Gasteiger partial charge in [-0.05, 0) is 55.3 Å². The van der Waals surface area contributed by atoms with Crippen molar-refractivity contribution in [2.75, 3.05) is 5.32 Å². The lowest BCUT2D eigenvalue weighted by atomic mass is 9.78. The molecule has 0 fully saturated rings. The van der Waals surface area contributed by atoms with Gasteiger partial charge < -0.3 is 11.1 Å². The highest BCUT2D eigenvalue weighted by Gasteiger charge is 2.36. The van der Waals surface area contributed by atoms with Gasteiger partial charge in [0.05, 0.1) is 20.6 Å². The molecule has 0 saturated carbocycles. The topological polar surface area (TPSA) is 85.1 Å². The zero-order valence-corrected chi connectivity index (χ0v) is 18.2. The Morgan fingerprint density at radius 2 is 1.74 bits per heavy atom. The number of nitrogens with one attached hydrogen (secondary N) is 1. The Labute approximate surface area is 184 Å². The maximum atomic E-state index is 13.6. The summed E-state index contributed by atoms with van der Waals surface area (Å²) >= 11 is 1.61. The Hall–Kier alpha value is -3.51. The summed E-state index contributed by atoms with van der Waals surface area (Å²) in [6, 6.07) is 22.8. The van der Waals surface area contributed by atoms with Crippen LogP contribution in [0.5, 0.6) is 0 Å². The molecule has 1 heterocycles. The molecule has 0 aliphatic carbocycles. The van der Waals surface area contributed by atoms with Gasteiger partial charge in [0, 0.05) is 17.7 Å². The van der Waals surface area contributed by atoms with E-state index in [0.717, 1.165) is 26.4 Å². The monoisotopic (exact) mass is 429 g/mol. The quantitative estimate of drug-likeness (QED) is 0.460. The summed E-state index contributed by atoms with van der Waals surface area (Å²) in [5.74, 6) is -0.621. The fourth-order valence-corrected chi connectivity index (χ4v) is 4.83. The zero-order valence-electron chi connectivity index (χ0n) is 17.4. The van der Waals surface area contributed by atoms with Gasteiger partial charge in [-0.25, -0.2) is 4.98 Å². The second kappa shape index (κ2) is 8.32. The van der Waals surface area contributed by atoms with Gasteiger partial charge in [-0.15, -0.1) is 11.3 Å². The molecule has 6 heteroatoms. The smallest absolute Gasteiger partial charge is 0.248 e. The van der Waals surface area contributed by atoms with E-state index in [4.69, 9.17) is 10.7 Å². The van der Waals surface area contributed by atoms with Crippen LogP contribution in [0.3, 0.4) is 0 Å². The van der Waals surface area contributed by atoms with Crippen molar-refractivity contribution < 1.29 is 9.59 Å². The summed E-state index contributed by atoms with van der Waals surface area (Å²) < 4.78 is 1.10. The van der Waals surface area contributed by atoms with Crippen molar-refractivity contribution in [3.63, 3.8) is 0 Å². The first-order chi connectivity index (χ1) is 14.9. The van der Waals surface area contributed by atoms with Gasteiger partial charge in [0.1, 0.15) is 0 Å². The number of anilines is 1. The fourth-order valence-electron chi connectivity index (χ4n) is 3.70. The van der Waals surface area contributed by atoms with Gasteiger partial charge in [0.2, 0.25) is 11.8 Å². The summed E-state index contributed by atoms with van der Waals surface area (Å²) in [4.78, 5) is 29.8. The molecule has 3 N–H and O–H groups in total. The number of benzene rings is 3. The number of carbonyl (C=O) groups is 2. The summed E-state index contributed by atoms with van der Waals surface area (Å²) in [5, 5.41) is 3.93. The predicted molar refractivity (Wildman–Crippen MR) is 125 cm³/mol. The van der Waals surface area contributed by atoms with Crippen LogP contribution in [-0.2, 0) is 16.6 Å². The van der Waals surface area contributed by atoms with Crippen molar-refractivity contribution in [2.45, 2.75) is 25.7 Å². The van der Waals surface area contributed by atoms with E-state index < -0.39 is 11.3 Å². The number of nitrogens with two attached hydrogens (primary N) is 1. The molecule has 0 radical (unpaired) electrons. The van der Waals surface area contributed by atoms with Crippen molar-refractivity contribution in [3.05, 3.63) is 94.5 Å². The van der Waals surface area contributed by atoms with Gasteiger partial charge in [0.15, 0.2) is 0 Å². The van der Waals surface area contributed by atoms with Crippen LogP contribution >= 0.6 is 11.3 Å². The highest BCUT2D eigenvalue weighted by molar-refractivity contribution is 7.18. The highest BCUT2D eigenvalue weighted by Crippen LogP contribution is 2.33. The van der Waals surface area contributed by atoms with Gasteiger partial charge in [-0.3, -0.25) is 9.59 Å². The lowest BCUT2D eigenvalue weighted by Gasteiger charge is -2.28. The van der Waals surface area contributed by atoms with Gasteiger partial charge in [0.25, 0.3) is 0 Å². The summed E-state index contributed by atoms with van der Waals surface area (Å²) in [5.41, 5.74) is 8.21. The molecule has 31 heavy (non-hydrogen) atoms. The molecule has 1 aromatic heterocycles. The molecule has 0 spiro atoms. The number of fused-ring (bicyclic) bond motifs is 1. The third-order valence-corrected chi connectivity index (χ3v) is 6.54. The van der Waals surface area contributed by atoms with Crippen LogP contribution in [0.1, 0.15) is 33.4 Å². The standard InChI is InChI=1S/C25H23N3O2S/c1-16-14-18(12-13-19(16)23(26)29)27-24(30)25(2,17-8-4-3-5-9-17)15-22-28-20-10-6-7-11-21(20)31-22/h3-14H,15H2,1-2H3,(H2,26,29)(H,27,30). The van der Waals surface area contributed by atoms with Crippen LogP contribution in [0.25, 0.3) is 10.2 Å². The summed E-state index contributed by atoms with van der Waals surface area (Å²) in [6.07, 6.45) is 0.473. The molecule has 0 aliphatic heterocycles. The lowest BCUT2D eigenvalue weighted by molar-refractivity contribution is -0.121. The number of hydrogen-bond acceptors (Lipinski definition) is 4. The minimum absolute atomic E-state index is 0.135. The van der Waals surface area contributed by atoms with Crippen molar-refractivity contribution in [1.82, 2.24) is 4.98 Å². The maximum absolute atomic E-state index is 13.6. The second-order valence-corrected chi connectivity index (χ2v) is 8.91. The molecule has 1 atom stereocenters. The number of carbonyl (C=O) groups excluding carboxylic acids is 2. The minimum Gasteiger partial charge on any atom is -0.366 e. The average molecular weight is 430 g/mol. The molecular formula is C25H23N3O2S. The fraction of sp³-hybridized carbons (Fsp3) is 0.160. The molecule has 4 aromatic rings. The molecule has 3 aromatic carbocycles. The normalized spacial score (nSPS) is 13.0. The third kappa shape index (κ3) is 4.20. The number of rotatable bonds is 6. The molecular weight excluding hydrogens is 406 g/mol. The number of aromatic nitrogens is 1. The molecule has 0 bridgehead atoms. The molecule has 156 valence electrons. The molecule has 2 amide bonds. The second-order valence-electron chi connectivity index (χ2n) is 7.80. The van der Waals surface area contributed by atoms with Gasteiger partial charge >= 0.3 is 0 Å². The molecule has 1 unspecified atom stereocenters. The molecule has 4 rings (SSSR count). The number of para-hydroxylation sites is 1. The Morgan fingerprint density at radius 1 is 1.03 bits per heavy atom. The van der Waals surface area contributed by atoms with Crippen LogP contribution in [0, 0.1) is 6.92 Å². The van der Waals surface area contributed by atoms with Crippen LogP contribution in [-0.4, -0.2) is 16.8 Å².